The van der Waals surface area contributed by atoms with Crippen LogP contribution in [0.25, 0.3) is 0 Å². The van der Waals surface area contributed by atoms with E-state index < -0.39 is 0 Å². The lowest BCUT2D eigenvalue weighted by molar-refractivity contribution is 0.227. The highest BCUT2D eigenvalue weighted by Crippen LogP contribution is 2.31. The summed E-state index contributed by atoms with van der Waals surface area (Å²) in [6.07, 6.45) is 11.6. The Hall–Kier alpha value is -0.0400. The summed E-state index contributed by atoms with van der Waals surface area (Å²) in [6.45, 7) is 8.53. The van der Waals surface area contributed by atoms with E-state index >= 15 is 0 Å². The highest BCUT2D eigenvalue weighted by atomic mass is 14.9. The van der Waals surface area contributed by atoms with E-state index in [9.17, 15) is 0 Å². The summed E-state index contributed by atoms with van der Waals surface area (Å²) in [5, 5.41) is 3.84. The molecule has 0 saturated heterocycles. The van der Waals surface area contributed by atoms with E-state index in [1.165, 1.54) is 57.9 Å². The highest BCUT2D eigenvalue weighted by Gasteiger charge is 2.24. The molecule has 0 aromatic rings. The molecular formula is C17H33N. The van der Waals surface area contributed by atoms with Gasteiger partial charge in [0, 0.05) is 6.04 Å². The third-order valence-electron chi connectivity index (χ3n) is 5.30. The minimum absolute atomic E-state index is 0.811. The first-order valence-electron chi connectivity index (χ1n) is 8.37. The molecule has 1 N–H and O–H groups in total. The Balaban J connectivity index is 1.60. The Morgan fingerprint density at radius 1 is 0.778 bits per heavy atom. The van der Waals surface area contributed by atoms with Gasteiger partial charge in [0.15, 0.2) is 0 Å². The summed E-state index contributed by atoms with van der Waals surface area (Å²) < 4.78 is 0. The van der Waals surface area contributed by atoms with Gasteiger partial charge in [0.2, 0.25) is 0 Å². The fraction of sp³-hybridized carbons (Fsp3) is 1.00. The Labute approximate surface area is 114 Å². The highest BCUT2D eigenvalue weighted by molar-refractivity contribution is 4.80. The molecule has 106 valence electrons. The fourth-order valence-corrected chi connectivity index (χ4v) is 4.22. The van der Waals surface area contributed by atoms with E-state index in [0.29, 0.717) is 0 Å². The third-order valence-corrected chi connectivity index (χ3v) is 5.30. The normalized spacial score (nSPS) is 41.8. The van der Waals surface area contributed by atoms with Crippen LogP contribution in [0.1, 0.15) is 72.1 Å². The topological polar surface area (TPSA) is 12.0 Å². The van der Waals surface area contributed by atoms with Crippen molar-refractivity contribution in [3.8, 4) is 0 Å². The predicted molar refractivity (Wildman–Crippen MR) is 79.7 cm³/mol. The Bertz CT molecular complexity index is 220. The van der Waals surface area contributed by atoms with Crippen molar-refractivity contribution in [3.05, 3.63) is 0 Å². The summed E-state index contributed by atoms with van der Waals surface area (Å²) in [5.41, 5.74) is 0. The van der Waals surface area contributed by atoms with Crippen LogP contribution in [0.4, 0.5) is 0 Å². The number of hydrogen-bond donors (Lipinski definition) is 1. The van der Waals surface area contributed by atoms with Crippen molar-refractivity contribution in [1.82, 2.24) is 5.32 Å². The molecule has 0 aromatic carbocycles. The average Bonchev–Trinajstić information content (AvgIpc) is 2.30. The molecule has 2 atom stereocenters. The van der Waals surface area contributed by atoms with Crippen LogP contribution in [-0.2, 0) is 0 Å². The third kappa shape index (κ3) is 4.57. The molecule has 2 rings (SSSR count). The number of hydrogen-bond acceptors (Lipinski definition) is 1. The molecule has 2 fully saturated rings. The lowest BCUT2D eigenvalue weighted by atomic mass is 9.80. The van der Waals surface area contributed by atoms with Crippen molar-refractivity contribution < 1.29 is 0 Å². The number of nitrogens with one attached hydrogen (secondary N) is 1. The van der Waals surface area contributed by atoms with Gasteiger partial charge in [-0.05, 0) is 55.9 Å². The molecule has 2 unspecified atom stereocenters. The molecule has 0 heterocycles. The maximum atomic E-state index is 3.84. The van der Waals surface area contributed by atoms with Gasteiger partial charge in [0.05, 0.1) is 0 Å². The zero-order chi connectivity index (χ0) is 13.0. The minimum atomic E-state index is 0.811. The van der Waals surface area contributed by atoms with E-state index in [0.717, 1.165) is 29.7 Å². The quantitative estimate of drug-likeness (QED) is 0.769. The van der Waals surface area contributed by atoms with Crippen molar-refractivity contribution in [2.24, 2.45) is 23.7 Å². The molecule has 0 aliphatic heterocycles. The van der Waals surface area contributed by atoms with Crippen molar-refractivity contribution in [1.29, 1.82) is 0 Å². The molecule has 1 heteroatoms. The molecule has 2 saturated carbocycles. The van der Waals surface area contributed by atoms with Crippen LogP contribution in [0.5, 0.6) is 0 Å². The van der Waals surface area contributed by atoms with Crippen LogP contribution in [0.2, 0.25) is 0 Å². The first-order chi connectivity index (χ1) is 8.63. The monoisotopic (exact) mass is 251 g/mol. The molecule has 2 aliphatic carbocycles. The number of rotatable bonds is 4. The van der Waals surface area contributed by atoms with Crippen LogP contribution in [0.3, 0.4) is 0 Å². The maximum Gasteiger partial charge on any atom is 0.00721 e. The van der Waals surface area contributed by atoms with Crippen molar-refractivity contribution in [3.63, 3.8) is 0 Å². The molecule has 2 aliphatic rings. The lowest BCUT2D eigenvalue weighted by Gasteiger charge is -2.33. The Kier molecular flexibility index (Phi) is 5.54. The van der Waals surface area contributed by atoms with Gasteiger partial charge in [-0.3, -0.25) is 0 Å². The van der Waals surface area contributed by atoms with Crippen LogP contribution in [-0.4, -0.2) is 12.6 Å². The summed E-state index contributed by atoms with van der Waals surface area (Å²) in [7, 11) is 0. The van der Waals surface area contributed by atoms with Gasteiger partial charge in [-0.25, -0.2) is 0 Å². The van der Waals surface area contributed by atoms with Crippen LogP contribution in [0.15, 0.2) is 0 Å². The Morgan fingerprint density at radius 2 is 1.39 bits per heavy atom. The first kappa shape index (κ1) is 14.4. The largest absolute Gasteiger partial charge is 0.314 e. The zero-order valence-electron chi connectivity index (χ0n) is 12.8. The zero-order valence-corrected chi connectivity index (χ0v) is 12.8. The van der Waals surface area contributed by atoms with E-state index in [-0.39, 0.29) is 0 Å². The summed E-state index contributed by atoms with van der Waals surface area (Å²) in [6, 6.07) is 0.811. The van der Waals surface area contributed by atoms with E-state index in [1.54, 1.807) is 0 Å². The standard InChI is InChI=1S/C17H33N/c1-13-4-6-16(7-5-13)8-9-18-17-11-14(2)10-15(3)12-17/h13-18H,4-12H2,1-3H3. The van der Waals surface area contributed by atoms with Gasteiger partial charge in [-0.2, -0.15) is 0 Å². The maximum absolute atomic E-state index is 3.84. The van der Waals surface area contributed by atoms with Crippen LogP contribution >= 0.6 is 0 Å². The molecule has 0 radical (unpaired) electrons. The minimum Gasteiger partial charge on any atom is -0.314 e. The second-order valence-corrected chi connectivity index (χ2v) is 7.48. The first-order valence-corrected chi connectivity index (χ1v) is 8.37. The smallest absolute Gasteiger partial charge is 0.00721 e. The van der Waals surface area contributed by atoms with Crippen molar-refractivity contribution in [2.75, 3.05) is 6.54 Å². The van der Waals surface area contributed by atoms with Crippen molar-refractivity contribution in [2.45, 2.75) is 78.2 Å². The molecule has 1 nitrogen and oxygen atoms in total. The van der Waals surface area contributed by atoms with Gasteiger partial charge in [-0.15, -0.1) is 0 Å². The molecule has 0 spiro atoms. The van der Waals surface area contributed by atoms with Crippen LogP contribution < -0.4 is 5.32 Å². The predicted octanol–water partition coefficient (Wildman–Crippen LogP) is 4.62. The SMILES string of the molecule is CC1CCC(CCNC2CC(C)CC(C)C2)CC1. The van der Waals surface area contributed by atoms with E-state index in [4.69, 9.17) is 0 Å². The van der Waals surface area contributed by atoms with Gasteiger partial charge in [-0.1, -0.05) is 46.5 Å². The summed E-state index contributed by atoms with van der Waals surface area (Å²) >= 11 is 0. The van der Waals surface area contributed by atoms with Gasteiger partial charge in [0.25, 0.3) is 0 Å². The second-order valence-electron chi connectivity index (χ2n) is 7.48. The summed E-state index contributed by atoms with van der Waals surface area (Å²) in [4.78, 5) is 0. The molecule has 0 amide bonds. The lowest BCUT2D eigenvalue weighted by Crippen LogP contribution is -2.37. The van der Waals surface area contributed by atoms with Gasteiger partial charge >= 0.3 is 0 Å². The Morgan fingerprint density at radius 3 is 2.00 bits per heavy atom. The van der Waals surface area contributed by atoms with Crippen molar-refractivity contribution >= 4 is 0 Å². The van der Waals surface area contributed by atoms with E-state index in [1.807, 2.05) is 0 Å². The average molecular weight is 251 g/mol. The van der Waals surface area contributed by atoms with Gasteiger partial charge in [0.1, 0.15) is 0 Å². The fourth-order valence-electron chi connectivity index (χ4n) is 4.22. The molecule has 0 aromatic heterocycles. The molecule has 0 bridgehead atoms. The van der Waals surface area contributed by atoms with Gasteiger partial charge < -0.3 is 5.32 Å². The van der Waals surface area contributed by atoms with E-state index in [2.05, 4.69) is 26.1 Å². The van der Waals surface area contributed by atoms with Crippen LogP contribution in [0, 0.1) is 23.7 Å². The molecular weight excluding hydrogens is 218 g/mol. The summed E-state index contributed by atoms with van der Waals surface area (Å²) in [5.74, 6) is 3.88. The molecule has 18 heavy (non-hydrogen) atoms. The second kappa shape index (κ2) is 6.93.